The van der Waals surface area contributed by atoms with Crippen LogP contribution in [-0.4, -0.2) is 193 Å². The van der Waals surface area contributed by atoms with Gasteiger partial charge in [-0.3, -0.25) is 4.79 Å². The summed E-state index contributed by atoms with van der Waals surface area (Å²) in [5.74, 6) is -0.298. The third-order valence-electron chi connectivity index (χ3n) is 15.2. The van der Waals surface area contributed by atoms with Crippen LogP contribution in [-0.2, 0) is 33.2 Å². The van der Waals surface area contributed by atoms with Crippen LogP contribution in [0.1, 0.15) is 187 Å². The molecule has 3 heterocycles. The van der Waals surface area contributed by atoms with Crippen molar-refractivity contribution in [1.29, 1.82) is 0 Å². The molecule has 3 fully saturated rings. The second-order valence-electron chi connectivity index (χ2n) is 22.1. The van der Waals surface area contributed by atoms with Gasteiger partial charge in [0.15, 0.2) is 18.9 Å². The number of hydrogen-bond acceptors (Lipinski definition) is 18. The molecular formula is C63H109NO18. The van der Waals surface area contributed by atoms with Gasteiger partial charge in [-0.25, -0.2) is 0 Å². The highest BCUT2D eigenvalue weighted by Crippen LogP contribution is 2.33. The molecular weight excluding hydrogens is 1060 g/mol. The Hall–Kier alpha value is -2.77. The molecule has 17 atom stereocenters. The molecule has 19 nitrogen and oxygen atoms in total. The van der Waals surface area contributed by atoms with E-state index in [1.807, 2.05) is 6.08 Å². The van der Waals surface area contributed by atoms with E-state index in [1.165, 1.54) is 83.5 Å². The van der Waals surface area contributed by atoms with E-state index < -0.39 is 124 Å². The molecule has 0 aromatic carbocycles. The lowest BCUT2D eigenvalue weighted by Gasteiger charge is -2.48. The van der Waals surface area contributed by atoms with Gasteiger partial charge in [-0.15, -0.1) is 0 Å². The van der Waals surface area contributed by atoms with Crippen LogP contribution in [0.15, 0.2) is 72.9 Å². The summed E-state index contributed by atoms with van der Waals surface area (Å²) in [6.45, 7) is 1.61. The minimum atomic E-state index is -1.98. The third-order valence-corrected chi connectivity index (χ3v) is 15.2. The van der Waals surface area contributed by atoms with Crippen LogP contribution >= 0.6 is 0 Å². The van der Waals surface area contributed by atoms with Gasteiger partial charge >= 0.3 is 0 Å². The summed E-state index contributed by atoms with van der Waals surface area (Å²) >= 11 is 0. The van der Waals surface area contributed by atoms with E-state index in [4.69, 9.17) is 28.4 Å². The highest BCUT2D eigenvalue weighted by Gasteiger charge is 2.53. The topological polar surface area (TPSA) is 307 Å². The fourth-order valence-corrected chi connectivity index (χ4v) is 10.0. The van der Waals surface area contributed by atoms with Crippen LogP contribution in [0.3, 0.4) is 0 Å². The van der Waals surface area contributed by atoms with E-state index >= 15 is 0 Å². The summed E-state index contributed by atoms with van der Waals surface area (Å²) in [5, 5.41) is 120. The zero-order chi connectivity index (χ0) is 59.7. The van der Waals surface area contributed by atoms with Gasteiger partial charge in [-0.2, -0.15) is 0 Å². The fourth-order valence-electron chi connectivity index (χ4n) is 10.0. The normalized spacial score (nSPS) is 30.1. The second-order valence-corrected chi connectivity index (χ2v) is 22.1. The Labute approximate surface area is 489 Å². The maximum absolute atomic E-state index is 13.3. The monoisotopic (exact) mass is 1170 g/mol. The number of carbonyl (C=O) groups excluding carboxylic acids is 1. The van der Waals surface area contributed by atoms with Gasteiger partial charge in [0.2, 0.25) is 5.91 Å². The molecule has 0 aromatic heterocycles. The van der Waals surface area contributed by atoms with E-state index in [0.717, 1.165) is 70.6 Å². The maximum atomic E-state index is 13.3. The lowest BCUT2D eigenvalue weighted by atomic mass is 9.96. The molecule has 19 heteroatoms. The highest BCUT2D eigenvalue weighted by atomic mass is 16.8. The Morgan fingerprint density at radius 1 is 0.439 bits per heavy atom. The molecule has 17 unspecified atom stereocenters. The summed E-state index contributed by atoms with van der Waals surface area (Å²) in [5.41, 5.74) is 0. The van der Waals surface area contributed by atoms with Gasteiger partial charge in [0.25, 0.3) is 0 Å². The molecule has 3 aliphatic rings. The number of allylic oxidation sites excluding steroid dienone is 11. The van der Waals surface area contributed by atoms with Crippen molar-refractivity contribution < 1.29 is 89.4 Å². The molecule has 0 spiro atoms. The number of nitrogens with one attached hydrogen (secondary N) is 1. The lowest BCUT2D eigenvalue weighted by molar-refractivity contribution is -0.379. The minimum absolute atomic E-state index is 0.224. The zero-order valence-electron chi connectivity index (χ0n) is 49.4. The van der Waals surface area contributed by atoms with Crippen LogP contribution in [0.25, 0.3) is 0 Å². The van der Waals surface area contributed by atoms with Crippen LogP contribution < -0.4 is 5.32 Å². The average Bonchev–Trinajstić information content (AvgIpc) is 3.19. The third kappa shape index (κ3) is 28.6. The molecule has 1 amide bonds. The summed E-state index contributed by atoms with van der Waals surface area (Å²) < 4.78 is 34.2. The molecule has 474 valence electrons. The highest BCUT2D eigenvalue weighted by molar-refractivity contribution is 5.76. The van der Waals surface area contributed by atoms with E-state index in [2.05, 4.69) is 79.9 Å². The Kier molecular flexibility index (Phi) is 40.8. The number of carbonyl (C=O) groups is 1. The number of hydrogen-bond donors (Lipinski definition) is 12. The first-order valence-electron chi connectivity index (χ1n) is 31.2. The van der Waals surface area contributed by atoms with Crippen molar-refractivity contribution >= 4 is 5.91 Å². The van der Waals surface area contributed by atoms with Crippen molar-refractivity contribution in [3.05, 3.63) is 72.9 Å². The van der Waals surface area contributed by atoms with Crippen molar-refractivity contribution in [3.8, 4) is 0 Å². The molecule has 3 aliphatic heterocycles. The van der Waals surface area contributed by atoms with Gasteiger partial charge < -0.3 is 89.9 Å². The number of ether oxygens (including phenoxy) is 6. The molecule has 0 aromatic rings. The van der Waals surface area contributed by atoms with Gasteiger partial charge in [-0.05, 0) is 77.0 Å². The average molecular weight is 1170 g/mol. The van der Waals surface area contributed by atoms with Crippen LogP contribution in [0.5, 0.6) is 0 Å². The van der Waals surface area contributed by atoms with Gasteiger partial charge in [0, 0.05) is 6.42 Å². The first-order valence-corrected chi connectivity index (χ1v) is 31.2. The molecule has 12 N–H and O–H groups in total. The fraction of sp³-hybridized carbons (Fsp3) is 0.794. The summed E-state index contributed by atoms with van der Waals surface area (Å²) in [6.07, 6.45) is 27.5. The Balaban J connectivity index is 1.45. The van der Waals surface area contributed by atoms with Gasteiger partial charge in [0.1, 0.15) is 73.2 Å². The number of aliphatic hydroxyl groups excluding tert-OH is 11. The molecule has 3 rings (SSSR count). The van der Waals surface area contributed by atoms with E-state index in [0.29, 0.717) is 12.8 Å². The zero-order valence-corrected chi connectivity index (χ0v) is 49.4. The predicted molar refractivity (Wildman–Crippen MR) is 314 cm³/mol. The van der Waals surface area contributed by atoms with Crippen LogP contribution in [0, 0.1) is 0 Å². The van der Waals surface area contributed by atoms with E-state index in [1.54, 1.807) is 6.08 Å². The van der Waals surface area contributed by atoms with Gasteiger partial charge in [0.05, 0.1) is 38.6 Å². The standard InChI is InChI=1S/C63H109NO18/c1-3-5-7-9-11-13-15-17-18-19-20-21-22-23-24-25-26-27-28-29-31-33-35-37-39-41-51(69)64-46(47(68)40-38-36-34-32-30-16-14-12-10-8-6-4-2)45-77-61-57(75)54(72)59(49(43-66)79-61)82-63-58(76)55(73)60(50(44-67)80-63)81-62-56(74)53(71)52(70)48(42-65)78-62/h10,12,15,17,19-20,22-23,30,32,38,40,46-50,52-63,65-68,70-76H,3-9,11,13-14,16,18,21,24-29,31,33-37,39,41-45H2,1-2H3,(H,64,69)/b12-10+,17-15-,20-19-,23-22-,32-30+,40-38+. The minimum Gasteiger partial charge on any atom is -0.394 e. The van der Waals surface area contributed by atoms with Crippen molar-refractivity contribution in [2.75, 3.05) is 26.4 Å². The van der Waals surface area contributed by atoms with Crippen LogP contribution in [0.4, 0.5) is 0 Å². The molecule has 3 saturated heterocycles. The number of rotatable bonds is 45. The Bertz CT molecular complexity index is 1780. The first kappa shape index (κ1) is 73.5. The molecule has 0 aliphatic carbocycles. The van der Waals surface area contributed by atoms with Crippen molar-refractivity contribution in [3.63, 3.8) is 0 Å². The number of unbranched alkanes of at least 4 members (excludes halogenated alkanes) is 19. The van der Waals surface area contributed by atoms with Crippen molar-refractivity contribution in [2.45, 2.75) is 291 Å². The Morgan fingerprint density at radius 2 is 0.829 bits per heavy atom. The number of amides is 1. The largest absolute Gasteiger partial charge is 0.394 e. The quantitative estimate of drug-likeness (QED) is 0.0238. The Morgan fingerprint density at radius 3 is 1.34 bits per heavy atom. The number of aliphatic hydroxyl groups is 11. The maximum Gasteiger partial charge on any atom is 0.220 e. The molecule has 0 saturated carbocycles. The SMILES string of the molecule is CCCC/C=C/CC/C=C/CC/C=C/C(O)C(COC1OC(CO)C(OC2OC(CO)C(OC3OC(CO)C(O)C(O)C3O)C(O)C2O)C(O)C1O)NC(=O)CCCCCCCCCCCC/C=C\C/C=C\C/C=C\CCCCCCC. The van der Waals surface area contributed by atoms with Crippen molar-refractivity contribution in [1.82, 2.24) is 5.32 Å². The first-order chi connectivity index (χ1) is 39.8. The van der Waals surface area contributed by atoms with Crippen LogP contribution in [0.2, 0.25) is 0 Å². The smallest absolute Gasteiger partial charge is 0.220 e. The van der Waals surface area contributed by atoms with E-state index in [-0.39, 0.29) is 18.9 Å². The summed E-state index contributed by atoms with van der Waals surface area (Å²) in [6, 6.07) is -1.00. The lowest BCUT2D eigenvalue weighted by Crippen LogP contribution is -2.66. The molecule has 82 heavy (non-hydrogen) atoms. The summed E-state index contributed by atoms with van der Waals surface area (Å²) in [7, 11) is 0. The van der Waals surface area contributed by atoms with E-state index in [9.17, 15) is 61.0 Å². The summed E-state index contributed by atoms with van der Waals surface area (Å²) in [4.78, 5) is 13.3. The molecule has 0 radical (unpaired) electrons. The van der Waals surface area contributed by atoms with Crippen molar-refractivity contribution in [2.24, 2.45) is 0 Å². The predicted octanol–water partition coefficient (Wildman–Crippen LogP) is 6.21. The van der Waals surface area contributed by atoms with Gasteiger partial charge in [-0.1, -0.05) is 177 Å². The molecule has 0 bridgehead atoms. The second kappa shape index (κ2) is 45.5.